The van der Waals surface area contributed by atoms with Crippen molar-refractivity contribution < 1.29 is 0 Å². The fraction of sp³-hybridized carbons (Fsp3) is 0.571. The molecule has 0 spiro atoms. The Labute approximate surface area is 106 Å². The first-order valence-corrected chi connectivity index (χ1v) is 8.05. The molecule has 16 heavy (non-hydrogen) atoms. The first-order valence-electron chi connectivity index (χ1n) is 6.36. The van der Waals surface area contributed by atoms with Gasteiger partial charge in [-0.05, 0) is 30.4 Å². The second kappa shape index (κ2) is 6.41. The Morgan fingerprint density at radius 2 is 1.88 bits per heavy atom. The van der Waals surface area contributed by atoms with Gasteiger partial charge in [-0.3, -0.25) is 0 Å². The Hall–Kier alpha value is -0.340. The fourth-order valence-electron chi connectivity index (χ4n) is 2.02. The summed E-state index contributed by atoms with van der Waals surface area (Å²) >= 11 is 3.87. The summed E-state index contributed by atoms with van der Waals surface area (Å²) in [6.07, 6.45) is 9.68. The Bertz CT molecular complexity index is 382. The van der Waals surface area contributed by atoms with Crippen molar-refractivity contribution in [1.29, 1.82) is 0 Å². The van der Waals surface area contributed by atoms with Crippen molar-refractivity contribution in [2.75, 3.05) is 0 Å². The molecule has 0 atom stereocenters. The second-order valence-electron chi connectivity index (χ2n) is 4.39. The number of hydrogen-bond acceptors (Lipinski definition) is 2. The van der Waals surface area contributed by atoms with Gasteiger partial charge in [0.2, 0.25) is 0 Å². The lowest BCUT2D eigenvalue weighted by atomic mass is 10.1. The predicted molar refractivity (Wildman–Crippen MR) is 76.8 cm³/mol. The molecule has 0 fully saturated rings. The van der Waals surface area contributed by atoms with Gasteiger partial charge in [-0.25, -0.2) is 0 Å². The van der Waals surface area contributed by atoms with Crippen LogP contribution in [0.3, 0.4) is 0 Å². The molecule has 2 aromatic heterocycles. The monoisotopic (exact) mass is 252 g/mol. The quantitative estimate of drug-likeness (QED) is 0.541. The van der Waals surface area contributed by atoms with E-state index in [0.29, 0.717) is 0 Å². The first kappa shape index (κ1) is 12.1. The highest BCUT2D eigenvalue weighted by Gasteiger charge is 2.02. The zero-order chi connectivity index (χ0) is 11.2. The number of aryl methyl sites for hydroxylation is 1. The second-order valence-corrected chi connectivity index (χ2v) is 6.71. The van der Waals surface area contributed by atoms with Crippen molar-refractivity contribution >= 4 is 32.1 Å². The lowest BCUT2D eigenvalue weighted by Crippen LogP contribution is -1.82. The minimum atomic E-state index is 1.29. The molecule has 2 aromatic rings. The van der Waals surface area contributed by atoms with Gasteiger partial charge in [0.25, 0.3) is 0 Å². The molecule has 0 radical (unpaired) electrons. The summed E-state index contributed by atoms with van der Waals surface area (Å²) in [6.45, 7) is 2.28. The molecular formula is C14H20S2. The zero-order valence-electron chi connectivity index (χ0n) is 10.00. The van der Waals surface area contributed by atoms with E-state index in [9.17, 15) is 0 Å². The van der Waals surface area contributed by atoms with E-state index in [-0.39, 0.29) is 0 Å². The van der Waals surface area contributed by atoms with E-state index < -0.39 is 0 Å². The fourth-order valence-corrected chi connectivity index (χ4v) is 4.22. The number of thiophene rings is 2. The van der Waals surface area contributed by atoms with E-state index in [1.54, 1.807) is 4.88 Å². The molecule has 0 aromatic carbocycles. The maximum absolute atomic E-state index is 2.38. The number of fused-ring (bicyclic) bond motifs is 1. The van der Waals surface area contributed by atoms with Crippen molar-refractivity contribution in [3.63, 3.8) is 0 Å². The third-order valence-corrected chi connectivity index (χ3v) is 5.24. The van der Waals surface area contributed by atoms with Crippen LogP contribution in [-0.4, -0.2) is 0 Å². The standard InChI is InChI=1S/C14H20S2/c1-2-3-4-5-6-7-8-13-11-12-9-10-15-14(12)16-13/h9-11H,2-8H2,1H3. The van der Waals surface area contributed by atoms with Crippen LogP contribution in [0.25, 0.3) is 9.40 Å². The Kier molecular flexibility index (Phi) is 4.86. The van der Waals surface area contributed by atoms with Crippen molar-refractivity contribution in [2.45, 2.75) is 51.9 Å². The lowest BCUT2D eigenvalue weighted by molar-refractivity contribution is 0.609. The van der Waals surface area contributed by atoms with Gasteiger partial charge in [-0.15, -0.1) is 22.7 Å². The van der Waals surface area contributed by atoms with E-state index in [1.807, 2.05) is 22.7 Å². The molecule has 0 aliphatic carbocycles. The van der Waals surface area contributed by atoms with Crippen molar-refractivity contribution in [1.82, 2.24) is 0 Å². The maximum Gasteiger partial charge on any atom is 0.0867 e. The van der Waals surface area contributed by atoms with E-state index in [2.05, 4.69) is 24.4 Å². The predicted octanol–water partition coefficient (Wildman–Crippen LogP) is 5.87. The van der Waals surface area contributed by atoms with Crippen LogP contribution in [0, 0.1) is 0 Å². The molecule has 0 nitrogen and oxygen atoms in total. The molecule has 88 valence electrons. The average molecular weight is 252 g/mol. The third-order valence-electron chi connectivity index (χ3n) is 2.98. The van der Waals surface area contributed by atoms with Crippen LogP contribution in [0.15, 0.2) is 17.5 Å². The summed E-state index contributed by atoms with van der Waals surface area (Å²) in [4.78, 5) is 1.58. The summed E-state index contributed by atoms with van der Waals surface area (Å²) in [6, 6.07) is 4.61. The van der Waals surface area contributed by atoms with E-state index in [1.165, 1.54) is 54.3 Å². The minimum Gasteiger partial charge on any atom is -0.133 e. The molecule has 0 bridgehead atoms. The van der Waals surface area contributed by atoms with Crippen LogP contribution in [-0.2, 0) is 6.42 Å². The number of rotatable bonds is 7. The molecule has 2 rings (SSSR count). The van der Waals surface area contributed by atoms with Gasteiger partial charge in [0, 0.05) is 10.3 Å². The molecule has 0 saturated carbocycles. The molecule has 0 amide bonds. The average Bonchev–Trinajstić information content (AvgIpc) is 2.83. The Morgan fingerprint density at radius 1 is 1.06 bits per heavy atom. The molecule has 2 heteroatoms. The van der Waals surface area contributed by atoms with Crippen LogP contribution in [0.5, 0.6) is 0 Å². The molecule has 0 N–H and O–H groups in total. The molecule has 0 aliphatic heterocycles. The van der Waals surface area contributed by atoms with Crippen LogP contribution < -0.4 is 0 Å². The van der Waals surface area contributed by atoms with Crippen LogP contribution in [0.1, 0.15) is 50.3 Å². The van der Waals surface area contributed by atoms with Crippen LogP contribution >= 0.6 is 22.7 Å². The van der Waals surface area contributed by atoms with Gasteiger partial charge in [0.05, 0.1) is 4.01 Å². The van der Waals surface area contributed by atoms with E-state index in [4.69, 9.17) is 0 Å². The number of unbranched alkanes of at least 4 members (excludes halogenated alkanes) is 5. The van der Waals surface area contributed by atoms with Gasteiger partial charge in [0.1, 0.15) is 0 Å². The van der Waals surface area contributed by atoms with Gasteiger partial charge >= 0.3 is 0 Å². The number of hydrogen-bond donors (Lipinski definition) is 0. The molecule has 0 unspecified atom stereocenters. The van der Waals surface area contributed by atoms with Gasteiger partial charge in [-0.2, -0.15) is 0 Å². The molecule has 0 aliphatic rings. The van der Waals surface area contributed by atoms with Crippen molar-refractivity contribution in [2.24, 2.45) is 0 Å². The summed E-state index contributed by atoms with van der Waals surface area (Å²) < 4.78 is 1.50. The van der Waals surface area contributed by atoms with E-state index >= 15 is 0 Å². The maximum atomic E-state index is 2.38. The van der Waals surface area contributed by atoms with Gasteiger partial charge < -0.3 is 0 Å². The summed E-state index contributed by atoms with van der Waals surface area (Å²) in [7, 11) is 0. The highest BCUT2D eigenvalue weighted by atomic mass is 32.2. The normalized spacial score (nSPS) is 11.3. The molecule has 0 saturated heterocycles. The van der Waals surface area contributed by atoms with Crippen LogP contribution in [0.4, 0.5) is 0 Å². The molecular weight excluding hydrogens is 232 g/mol. The smallest absolute Gasteiger partial charge is 0.0867 e. The zero-order valence-corrected chi connectivity index (χ0v) is 11.6. The highest BCUT2D eigenvalue weighted by Crippen LogP contribution is 2.31. The van der Waals surface area contributed by atoms with Crippen molar-refractivity contribution in [3.8, 4) is 0 Å². The SMILES string of the molecule is CCCCCCCCc1cc2ccsc2s1. The first-order chi connectivity index (χ1) is 7.90. The van der Waals surface area contributed by atoms with Gasteiger partial charge in [0.15, 0.2) is 0 Å². The van der Waals surface area contributed by atoms with E-state index in [0.717, 1.165) is 0 Å². The molecule has 2 heterocycles. The summed E-state index contributed by atoms with van der Waals surface area (Å²) in [5.41, 5.74) is 0. The van der Waals surface area contributed by atoms with Crippen LogP contribution in [0.2, 0.25) is 0 Å². The topological polar surface area (TPSA) is 0 Å². The largest absolute Gasteiger partial charge is 0.133 e. The third kappa shape index (κ3) is 3.33. The Morgan fingerprint density at radius 3 is 2.69 bits per heavy atom. The lowest BCUT2D eigenvalue weighted by Gasteiger charge is -1.98. The summed E-state index contributed by atoms with van der Waals surface area (Å²) in [5, 5.41) is 3.64. The minimum absolute atomic E-state index is 1.29. The highest BCUT2D eigenvalue weighted by molar-refractivity contribution is 7.37. The van der Waals surface area contributed by atoms with Gasteiger partial charge in [-0.1, -0.05) is 39.0 Å². The Balaban J connectivity index is 1.68. The summed E-state index contributed by atoms with van der Waals surface area (Å²) in [5.74, 6) is 0. The van der Waals surface area contributed by atoms with Crippen molar-refractivity contribution in [3.05, 3.63) is 22.4 Å².